The molecule has 1 rings (SSSR count). The van der Waals surface area contributed by atoms with Crippen LogP contribution >= 0.6 is 0 Å². The number of halogens is 3. The zero-order valence-electron chi connectivity index (χ0n) is 10.3. The van der Waals surface area contributed by atoms with Gasteiger partial charge in [-0.25, -0.2) is 18.0 Å². The zero-order chi connectivity index (χ0) is 15.4. The number of carbonyl (C=O) groups is 3. The summed E-state index contributed by atoms with van der Waals surface area (Å²) in [4.78, 5) is 33.8. The van der Waals surface area contributed by atoms with E-state index < -0.39 is 36.8 Å². The van der Waals surface area contributed by atoms with Gasteiger partial charge in [0.1, 0.15) is 12.7 Å². The van der Waals surface area contributed by atoms with E-state index in [1.807, 2.05) is 0 Å². The van der Waals surface area contributed by atoms with Gasteiger partial charge >= 0.3 is 5.97 Å². The molecule has 0 fully saturated rings. The quantitative estimate of drug-likeness (QED) is 0.594. The molecule has 0 bridgehead atoms. The summed E-state index contributed by atoms with van der Waals surface area (Å²) < 4.78 is 37.8. The Bertz CT molecular complexity index is 542. The minimum Gasteiger partial charge on any atom is -0.478 e. The Morgan fingerprint density at radius 2 is 2.00 bits per heavy atom. The summed E-state index contributed by atoms with van der Waals surface area (Å²) in [5.74, 6) is -3.96. The first kappa shape index (κ1) is 15.7. The highest BCUT2D eigenvalue weighted by molar-refractivity contribution is 6.42. The lowest BCUT2D eigenvalue weighted by atomic mass is 10.2. The molecule has 1 aromatic rings. The van der Waals surface area contributed by atoms with Crippen LogP contribution in [0.25, 0.3) is 0 Å². The average molecular weight is 292 g/mol. The van der Waals surface area contributed by atoms with Crippen LogP contribution in [0.2, 0.25) is 0 Å². The summed E-state index contributed by atoms with van der Waals surface area (Å²) in [5.41, 5.74) is -0.536. The van der Waals surface area contributed by atoms with Crippen LogP contribution in [-0.2, 0) is 11.8 Å². The summed E-state index contributed by atoms with van der Waals surface area (Å²) in [6.45, 7) is -1.52. The van der Waals surface area contributed by atoms with Crippen molar-refractivity contribution in [3.05, 3.63) is 23.5 Å². The first-order valence-electron chi connectivity index (χ1n) is 5.36. The second-order valence-electron chi connectivity index (χ2n) is 3.93. The fraction of sp³-hybridized carbons (Fsp3) is 0.364. The van der Waals surface area contributed by atoms with Gasteiger partial charge in [0.2, 0.25) is 0 Å². The molecule has 1 atom stereocenters. The molecule has 0 spiro atoms. The third kappa shape index (κ3) is 3.37. The maximum Gasteiger partial charge on any atom is 0.337 e. The summed E-state index contributed by atoms with van der Waals surface area (Å²) in [6, 6.07) is -1.15. The molecule has 0 aliphatic rings. The summed E-state index contributed by atoms with van der Waals surface area (Å²) >= 11 is 0. The molecule has 0 aliphatic heterocycles. The van der Waals surface area contributed by atoms with E-state index in [0.717, 1.165) is 16.8 Å². The number of aryl methyl sites for hydroxylation is 1. The molecule has 9 heteroatoms. The van der Waals surface area contributed by atoms with E-state index in [2.05, 4.69) is 0 Å². The van der Waals surface area contributed by atoms with Gasteiger partial charge in [-0.15, -0.1) is 0 Å². The van der Waals surface area contributed by atoms with Gasteiger partial charge in [-0.3, -0.25) is 9.59 Å². The van der Waals surface area contributed by atoms with Crippen molar-refractivity contribution in [2.75, 3.05) is 6.67 Å². The molecule has 1 unspecified atom stereocenters. The Labute approximate surface area is 111 Å². The molecule has 110 valence electrons. The number of Topliss-reactive ketones (excluding diaryl/α,β-unsaturated/α-hetero) is 1. The second-order valence-corrected chi connectivity index (χ2v) is 3.93. The highest BCUT2D eigenvalue weighted by Gasteiger charge is 2.27. The molecule has 0 radical (unpaired) electrons. The largest absolute Gasteiger partial charge is 0.478 e. The molecule has 1 amide bonds. The normalized spacial score (nSPS) is 12.2. The number of nitrogens with one attached hydrogen (secondary N) is 1. The van der Waals surface area contributed by atoms with Gasteiger partial charge in [0, 0.05) is 13.2 Å². The third-order valence-corrected chi connectivity index (χ3v) is 2.48. The Morgan fingerprint density at radius 1 is 1.40 bits per heavy atom. The summed E-state index contributed by atoms with van der Waals surface area (Å²) in [7, 11) is 1.31. The number of alkyl halides is 3. The van der Waals surface area contributed by atoms with Crippen LogP contribution in [0.1, 0.15) is 20.8 Å². The topological polar surface area (TPSA) is 88.4 Å². The van der Waals surface area contributed by atoms with E-state index in [9.17, 15) is 27.6 Å². The lowest BCUT2D eigenvalue weighted by Gasteiger charge is -2.13. The zero-order valence-corrected chi connectivity index (χ0v) is 10.3. The van der Waals surface area contributed by atoms with Gasteiger partial charge in [-0.1, -0.05) is 0 Å². The maximum atomic E-state index is 12.3. The second kappa shape index (κ2) is 6.22. The van der Waals surface area contributed by atoms with Crippen molar-refractivity contribution in [2.24, 2.45) is 7.05 Å². The number of aromatic carboxylic acids is 1. The van der Waals surface area contributed by atoms with E-state index in [0.29, 0.717) is 0 Å². The monoisotopic (exact) mass is 292 g/mol. The molecule has 1 heterocycles. The molecule has 0 saturated heterocycles. The fourth-order valence-electron chi connectivity index (χ4n) is 1.43. The van der Waals surface area contributed by atoms with Crippen molar-refractivity contribution in [3.63, 3.8) is 0 Å². The molecule has 0 aromatic carbocycles. The van der Waals surface area contributed by atoms with Crippen molar-refractivity contribution < 1.29 is 32.7 Å². The number of hydrogen-bond donors (Lipinski definition) is 2. The Kier molecular flexibility index (Phi) is 4.89. The van der Waals surface area contributed by atoms with Crippen LogP contribution in [-0.4, -0.2) is 46.5 Å². The number of rotatable bonds is 6. The molecule has 0 aliphatic carbocycles. The third-order valence-electron chi connectivity index (χ3n) is 2.48. The number of ketones is 1. The van der Waals surface area contributed by atoms with Crippen LogP contribution in [0, 0.1) is 0 Å². The van der Waals surface area contributed by atoms with Gasteiger partial charge in [0.15, 0.2) is 0 Å². The van der Waals surface area contributed by atoms with Crippen molar-refractivity contribution in [1.82, 2.24) is 9.88 Å². The first-order valence-corrected chi connectivity index (χ1v) is 5.36. The lowest BCUT2D eigenvalue weighted by Crippen LogP contribution is -2.45. The van der Waals surface area contributed by atoms with Crippen molar-refractivity contribution in [2.45, 2.75) is 12.5 Å². The highest BCUT2D eigenvalue weighted by atomic mass is 19.3. The maximum absolute atomic E-state index is 12.3. The molecular formula is C11H11F3N2O4. The molecule has 20 heavy (non-hydrogen) atoms. The summed E-state index contributed by atoms with van der Waals surface area (Å²) in [5, 5.41) is 10.3. The van der Waals surface area contributed by atoms with Gasteiger partial charge in [-0.05, 0) is 6.07 Å². The number of carboxylic acid groups (broad SMARTS) is 1. The van der Waals surface area contributed by atoms with Crippen molar-refractivity contribution >= 4 is 17.7 Å². The van der Waals surface area contributed by atoms with E-state index >= 15 is 0 Å². The van der Waals surface area contributed by atoms with Crippen LogP contribution < -0.4 is 5.32 Å². The van der Waals surface area contributed by atoms with Gasteiger partial charge in [0.25, 0.3) is 18.1 Å². The van der Waals surface area contributed by atoms with Crippen LogP contribution in [0.15, 0.2) is 12.3 Å². The number of amides is 1. The molecule has 0 saturated carbocycles. The van der Waals surface area contributed by atoms with E-state index in [1.165, 1.54) is 7.05 Å². The van der Waals surface area contributed by atoms with Crippen molar-refractivity contribution in [3.8, 4) is 0 Å². The van der Waals surface area contributed by atoms with Crippen molar-refractivity contribution in [1.29, 1.82) is 0 Å². The standard InChI is InChI=1S/C11H11F3N2O4/c1-16-4-5(11(19)20)2-7(16)8(17)10(18)15-6(3-12)9(13)14/h2,4,6,9H,3H2,1H3,(H,15,18)(H,19,20). The van der Waals surface area contributed by atoms with Gasteiger partial charge < -0.3 is 15.0 Å². The molecule has 2 N–H and O–H groups in total. The highest BCUT2D eigenvalue weighted by Crippen LogP contribution is 2.09. The summed E-state index contributed by atoms with van der Waals surface area (Å²) in [6.07, 6.45) is -2.07. The van der Waals surface area contributed by atoms with E-state index in [1.54, 1.807) is 5.32 Å². The Hall–Kier alpha value is -2.32. The average Bonchev–Trinajstić information content (AvgIpc) is 2.76. The lowest BCUT2D eigenvalue weighted by molar-refractivity contribution is -0.119. The number of carbonyl (C=O) groups excluding carboxylic acids is 2. The van der Waals surface area contributed by atoms with E-state index in [-0.39, 0.29) is 11.3 Å². The number of hydrogen-bond acceptors (Lipinski definition) is 3. The van der Waals surface area contributed by atoms with Crippen LogP contribution in [0.3, 0.4) is 0 Å². The smallest absolute Gasteiger partial charge is 0.337 e. The predicted octanol–water partition coefficient (Wildman–Crippen LogP) is 0.625. The predicted molar refractivity (Wildman–Crippen MR) is 60.6 cm³/mol. The number of nitrogens with zero attached hydrogens (tertiary/aromatic N) is 1. The minimum absolute atomic E-state index is 0.237. The van der Waals surface area contributed by atoms with Crippen LogP contribution in [0.5, 0.6) is 0 Å². The van der Waals surface area contributed by atoms with Gasteiger partial charge in [-0.2, -0.15) is 0 Å². The fourth-order valence-corrected chi connectivity index (χ4v) is 1.43. The number of aromatic nitrogens is 1. The SMILES string of the molecule is Cn1cc(C(=O)O)cc1C(=O)C(=O)NC(CF)C(F)F. The molecule has 1 aromatic heterocycles. The van der Waals surface area contributed by atoms with Gasteiger partial charge in [0.05, 0.1) is 11.3 Å². The van der Waals surface area contributed by atoms with Crippen LogP contribution in [0.4, 0.5) is 13.2 Å². The number of carboxylic acids is 1. The Balaban J connectivity index is 2.89. The minimum atomic E-state index is -3.15. The molecule has 6 nitrogen and oxygen atoms in total. The molecular weight excluding hydrogens is 281 g/mol. The van der Waals surface area contributed by atoms with E-state index in [4.69, 9.17) is 5.11 Å². The Morgan fingerprint density at radius 3 is 2.40 bits per heavy atom. The first-order chi connectivity index (χ1) is 9.27.